The maximum absolute atomic E-state index is 11.9. The van der Waals surface area contributed by atoms with Crippen molar-refractivity contribution in [2.75, 3.05) is 6.61 Å². The number of cyclic esters (lactones) is 1. The van der Waals surface area contributed by atoms with E-state index < -0.39 is 6.09 Å². The van der Waals surface area contributed by atoms with Gasteiger partial charge in [-0.05, 0) is 35.9 Å². The molecule has 27 heavy (non-hydrogen) atoms. The van der Waals surface area contributed by atoms with Crippen LogP contribution in [-0.2, 0) is 4.74 Å². The Bertz CT molecular complexity index is 950. The average Bonchev–Trinajstić information content (AvgIpc) is 3.15. The van der Waals surface area contributed by atoms with Gasteiger partial charge in [-0.1, -0.05) is 48.2 Å². The van der Waals surface area contributed by atoms with E-state index in [0.29, 0.717) is 6.61 Å². The van der Waals surface area contributed by atoms with Crippen LogP contribution in [0.2, 0.25) is 0 Å². The molecule has 2 aromatic carbocycles. The Morgan fingerprint density at radius 2 is 1.63 bits per heavy atom. The molecule has 1 N–H and O–H groups in total. The van der Waals surface area contributed by atoms with Crippen LogP contribution in [0.4, 0.5) is 9.18 Å². The van der Waals surface area contributed by atoms with E-state index in [0.717, 1.165) is 16.7 Å². The van der Waals surface area contributed by atoms with Gasteiger partial charge in [-0.15, -0.1) is 0 Å². The molecule has 1 aliphatic rings. The molecule has 0 spiro atoms. The van der Waals surface area contributed by atoms with E-state index in [9.17, 15) is 9.18 Å². The van der Waals surface area contributed by atoms with Gasteiger partial charge >= 0.3 is 6.09 Å². The second-order valence-electron chi connectivity index (χ2n) is 5.71. The van der Waals surface area contributed by atoms with Crippen molar-refractivity contribution >= 4 is 6.09 Å². The normalized spacial score (nSPS) is 14.7. The summed E-state index contributed by atoms with van der Waals surface area (Å²) in [6.07, 6.45) is 3.03. The molecule has 1 aromatic heterocycles. The van der Waals surface area contributed by atoms with E-state index in [1.165, 1.54) is 12.1 Å². The zero-order valence-corrected chi connectivity index (χ0v) is 14.4. The minimum atomic E-state index is -0.393. The Labute approximate surface area is 157 Å². The predicted molar refractivity (Wildman–Crippen MR) is 100 cm³/mol. The van der Waals surface area contributed by atoms with Gasteiger partial charge in [-0.25, -0.2) is 9.18 Å². The highest BCUT2D eigenvalue weighted by molar-refractivity contribution is 5.70. The molecule has 0 saturated carbocycles. The summed E-state index contributed by atoms with van der Waals surface area (Å²) in [5.74, 6) is 5.97. The van der Waals surface area contributed by atoms with Crippen LogP contribution in [0.1, 0.15) is 22.7 Å². The lowest BCUT2D eigenvalue weighted by molar-refractivity contribution is 0.177. The highest BCUT2D eigenvalue weighted by atomic mass is 19.1. The van der Waals surface area contributed by atoms with Gasteiger partial charge in [0.1, 0.15) is 12.4 Å². The van der Waals surface area contributed by atoms with Gasteiger partial charge in [0.25, 0.3) is 0 Å². The van der Waals surface area contributed by atoms with Crippen molar-refractivity contribution in [2.24, 2.45) is 0 Å². The molecule has 0 unspecified atom stereocenters. The number of carbonyl (C=O) groups excluding carboxylic acids is 1. The largest absolute Gasteiger partial charge is 0.447 e. The molecule has 134 valence electrons. The molecule has 1 aliphatic heterocycles. The van der Waals surface area contributed by atoms with Crippen molar-refractivity contribution in [3.8, 4) is 11.8 Å². The van der Waals surface area contributed by atoms with Crippen LogP contribution in [0.5, 0.6) is 0 Å². The fourth-order valence-corrected chi connectivity index (χ4v) is 2.36. The van der Waals surface area contributed by atoms with Crippen molar-refractivity contribution < 1.29 is 13.9 Å². The maximum atomic E-state index is 11.9. The summed E-state index contributed by atoms with van der Waals surface area (Å²) in [6.45, 7) is 0.329. The number of alkyl carbamates (subject to hydrolysis) is 1. The number of rotatable bonds is 1. The zero-order valence-electron chi connectivity index (χ0n) is 14.4. The molecule has 3 aromatic rings. The van der Waals surface area contributed by atoms with E-state index in [4.69, 9.17) is 4.74 Å². The van der Waals surface area contributed by atoms with Gasteiger partial charge in [0, 0.05) is 23.5 Å². The molecule has 1 saturated heterocycles. The van der Waals surface area contributed by atoms with Crippen molar-refractivity contribution in [1.82, 2.24) is 10.3 Å². The average molecular weight is 360 g/mol. The number of benzene rings is 2. The van der Waals surface area contributed by atoms with E-state index in [1.807, 2.05) is 36.4 Å². The minimum Gasteiger partial charge on any atom is -0.447 e. The lowest BCUT2D eigenvalue weighted by atomic mass is 10.1. The first-order valence-electron chi connectivity index (χ1n) is 8.36. The van der Waals surface area contributed by atoms with Gasteiger partial charge in [0.05, 0.1) is 6.04 Å². The number of nitrogens with zero attached hydrogens (tertiary/aromatic N) is 1. The number of ether oxygens (including phenoxy) is 1. The lowest BCUT2D eigenvalue weighted by Crippen LogP contribution is -2.18. The van der Waals surface area contributed by atoms with E-state index in [2.05, 4.69) is 22.1 Å². The van der Waals surface area contributed by atoms with Crippen molar-refractivity contribution in [2.45, 2.75) is 6.04 Å². The summed E-state index contributed by atoms with van der Waals surface area (Å²) in [5, 5.41) is 2.72. The molecule has 1 amide bonds. The number of pyridine rings is 1. The summed E-state index contributed by atoms with van der Waals surface area (Å²) < 4.78 is 16.8. The fraction of sp³-hybridized carbons (Fsp3) is 0.0909. The molecule has 1 fully saturated rings. The maximum Gasteiger partial charge on any atom is 0.407 e. The predicted octanol–water partition coefficient (Wildman–Crippen LogP) is 4.09. The van der Waals surface area contributed by atoms with Crippen molar-refractivity contribution in [1.29, 1.82) is 0 Å². The number of hydrogen-bond acceptors (Lipinski definition) is 3. The first-order chi connectivity index (χ1) is 13.2. The van der Waals surface area contributed by atoms with E-state index in [1.54, 1.807) is 30.6 Å². The fourth-order valence-electron chi connectivity index (χ4n) is 2.36. The summed E-state index contributed by atoms with van der Waals surface area (Å²) >= 11 is 0. The Hall–Kier alpha value is -3.65. The summed E-state index contributed by atoms with van der Waals surface area (Å²) in [5.41, 5.74) is 2.67. The molecule has 0 bridgehead atoms. The molecule has 0 radical (unpaired) electrons. The van der Waals surface area contributed by atoms with Crippen LogP contribution in [-0.4, -0.2) is 17.7 Å². The second kappa shape index (κ2) is 9.16. The second-order valence-corrected chi connectivity index (χ2v) is 5.71. The van der Waals surface area contributed by atoms with Crippen molar-refractivity contribution in [3.05, 3.63) is 102 Å². The zero-order chi connectivity index (χ0) is 18.9. The number of aromatic nitrogens is 1. The number of halogens is 1. The Morgan fingerprint density at radius 1 is 0.963 bits per heavy atom. The Balaban J connectivity index is 0.000000253. The van der Waals surface area contributed by atoms with Gasteiger partial charge in [0.15, 0.2) is 0 Å². The monoisotopic (exact) mass is 360 g/mol. The minimum absolute atomic E-state index is 0.145. The number of amides is 1. The Kier molecular flexibility index (Phi) is 6.16. The first-order valence-corrected chi connectivity index (χ1v) is 8.36. The van der Waals surface area contributed by atoms with E-state index >= 15 is 0 Å². The standard InChI is InChI=1S/C16H12N2O2.C6H5F/c19-16-18-15(11-20-16)14-8-13(9-17-10-14)7-6-12-4-2-1-3-5-12;7-6-4-2-1-3-5-6/h1-5,8-10,15H,11H2,(H,18,19);1-5H/t15-;/m0./s1. The van der Waals surface area contributed by atoms with Crippen LogP contribution >= 0.6 is 0 Å². The van der Waals surface area contributed by atoms with E-state index in [-0.39, 0.29) is 11.9 Å². The highest BCUT2D eigenvalue weighted by Gasteiger charge is 2.23. The van der Waals surface area contributed by atoms with Crippen LogP contribution < -0.4 is 5.32 Å². The number of hydrogen-bond donors (Lipinski definition) is 1. The SMILES string of the molecule is Fc1ccccc1.O=C1N[C@H](c2cncc(C#Cc3ccccc3)c2)CO1. The first kappa shape index (κ1) is 18.2. The molecular weight excluding hydrogens is 343 g/mol. The molecule has 2 heterocycles. The van der Waals surface area contributed by atoms with Gasteiger partial charge in [0.2, 0.25) is 0 Å². The highest BCUT2D eigenvalue weighted by Crippen LogP contribution is 2.17. The van der Waals surface area contributed by atoms with Crippen LogP contribution in [0, 0.1) is 17.7 Å². The Morgan fingerprint density at radius 3 is 2.22 bits per heavy atom. The van der Waals surface area contributed by atoms with Crippen LogP contribution in [0.15, 0.2) is 79.1 Å². The third-order valence-electron chi connectivity index (χ3n) is 3.69. The third kappa shape index (κ3) is 5.68. The molecule has 0 aliphatic carbocycles. The smallest absolute Gasteiger partial charge is 0.407 e. The molecule has 4 nitrogen and oxygen atoms in total. The molecule has 5 heteroatoms. The summed E-state index contributed by atoms with van der Waals surface area (Å²) in [6, 6.07) is 19.5. The van der Waals surface area contributed by atoms with Gasteiger partial charge in [-0.3, -0.25) is 4.98 Å². The summed E-state index contributed by atoms with van der Waals surface area (Å²) in [7, 11) is 0. The van der Waals surface area contributed by atoms with Gasteiger partial charge < -0.3 is 10.1 Å². The van der Waals surface area contributed by atoms with Crippen molar-refractivity contribution in [3.63, 3.8) is 0 Å². The van der Waals surface area contributed by atoms with Crippen LogP contribution in [0.3, 0.4) is 0 Å². The quantitative estimate of drug-likeness (QED) is 0.665. The number of nitrogens with one attached hydrogen (secondary N) is 1. The van der Waals surface area contributed by atoms with Gasteiger partial charge in [-0.2, -0.15) is 0 Å². The molecule has 4 rings (SSSR count). The number of carbonyl (C=O) groups is 1. The lowest BCUT2D eigenvalue weighted by Gasteiger charge is -2.06. The molecular formula is C22H17FN2O2. The summed E-state index contributed by atoms with van der Waals surface area (Å²) in [4.78, 5) is 15.2. The third-order valence-corrected chi connectivity index (χ3v) is 3.69. The topological polar surface area (TPSA) is 51.2 Å². The van der Waals surface area contributed by atoms with Crippen LogP contribution in [0.25, 0.3) is 0 Å². The molecule has 1 atom stereocenters.